The van der Waals surface area contributed by atoms with Crippen LogP contribution in [-0.4, -0.2) is 47.7 Å². The SMILES string of the molecule is CCOC(=O)c1c2c(n(C(=O)OC(C)(C)C)c1C)CCC1CNCC1C2=O. The van der Waals surface area contributed by atoms with E-state index in [1.54, 1.807) is 34.6 Å². The molecule has 1 saturated heterocycles. The molecular formula is C20H28N2O5. The van der Waals surface area contributed by atoms with Crippen LogP contribution in [0.5, 0.6) is 0 Å². The van der Waals surface area contributed by atoms with Gasteiger partial charge in [-0.3, -0.25) is 9.36 Å². The number of nitrogens with zero attached hydrogens (tertiary/aromatic N) is 1. The number of fused-ring (bicyclic) bond motifs is 2. The fraction of sp³-hybridized carbons (Fsp3) is 0.650. The molecule has 27 heavy (non-hydrogen) atoms. The molecular weight excluding hydrogens is 348 g/mol. The van der Waals surface area contributed by atoms with Crippen molar-refractivity contribution in [3.63, 3.8) is 0 Å². The number of carbonyl (C=O) groups is 3. The first-order valence-corrected chi connectivity index (χ1v) is 9.55. The summed E-state index contributed by atoms with van der Waals surface area (Å²) in [6, 6.07) is 0. The number of ether oxygens (including phenoxy) is 2. The lowest BCUT2D eigenvalue weighted by Gasteiger charge is -2.21. The van der Waals surface area contributed by atoms with Crippen LogP contribution in [0.15, 0.2) is 0 Å². The number of hydrogen-bond acceptors (Lipinski definition) is 6. The topological polar surface area (TPSA) is 86.6 Å². The first-order valence-electron chi connectivity index (χ1n) is 9.55. The predicted octanol–water partition coefficient (Wildman–Crippen LogP) is 2.72. The zero-order valence-electron chi connectivity index (χ0n) is 16.7. The number of carbonyl (C=O) groups excluding carboxylic acids is 3. The molecule has 2 heterocycles. The second-order valence-electron chi connectivity index (χ2n) is 8.25. The summed E-state index contributed by atoms with van der Waals surface area (Å²) < 4.78 is 12.1. The lowest BCUT2D eigenvalue weighted by Crippen LogP contribution is -2.29. The zero-order chi connectivity index (χ0) is 19.9. The number of nitrogens with one attached hydrogen (secondary N) is 1. The van der Waals surface area contributed by atoms with Gasteiger partial charge in [-0.25, -0.2) is 9.59 Å². The summed E-state index contributed by atoms with van der Waals surface area (Å²) in [5.41, 5.74) is 0.845. The van der Waals surface area contributed by atoms with Crippen molar-refractivity contribution in [3.05, 3.63) is 22.5 Å². The monoisotopic (exact) mass is 376 g/mol. The van der Waals surface area contributed by atoms with Gasteiger partial charge in [0.1, 0.15) is 5.60 Å². The second kappa shape index (κ2) is 7.11. The Bertz CT molecular complexity index is 787. The van der Waals surface area contributed by atoms with E-state index in [9.17, 15) is 14.4 Å². The third kappa shape index (κ3) is 3.52. The smallest absolute Gasteiger partial charge is 0.418 e. The van der Waals surface area contributed by atoms with Gasteiger partial charge in [0.25, 0.3) is 0 Å². The number of rotatable bonds is 2. The van der Waals surface area contributed by atoms with Gasteiger partial charge in [-0.2, -0.15) is 0 Å². The van der Waals surface area contributed by atoms with Gasteiger partial charge in [0, 0.05) is 23.9 Å². The molecule has 7 nitrogen and oxygen atoms in total. The van der Waals surface area contributed by atoms with Crippen molar-refractivity contribution in [2.24, 2.45) is 11.8 Å². The molecule has 1 aromatic rings. The molecule has 1 aliphatic carbocycles. The number of esters is 1. The van der Waals surface area contributed by atoms with E-state index in [0.717, 1.165) is 13.0 Å². The van der Waals surface area contributed by atoms with Crippen LogP contribution in [-0.2, 0) is 15.9 Å². The van der Waals surface area contributed by atoms with E-state index < -0.39 is 17.7 Å². The molecule has 3 rings (SSSR count). The molecule has 1 aromatic heterocycles. The van der Waals surface area contributed by atoms with Crippen molar-refractivity contribution in [3.8, 4) is 0 Å². The third-order valence-corrected chi connectivity index (χ3v) is 5.24. The Morgan fingerprint density at radius 1 is 1.26 bits per heavy atom. The largest absolute Gasteiger partial charge is 0.462 e. The Kier molecular flexibility index (Phi) is 5.16. The summed E-state index contributed by atoms with van der Waals surface area (Å²) in [4.78, 5) is 38.8. The van der Waals surface area contributed by atoms with E-state index in [1.807, 2.05) is 0 Å². The maximum Gasteiger partial charge on any atom is 0.418 e. The first-order chi connectivity index (χ1) is 12.7. The average Bonchev–Trinajstić information content (AvgIpc) is 3.09. The van der Waals surface area contributed by atoms with Crippen molar-refractivity contribution in [1.29, 1.82) is 0 Å². The highest BCUT2D eigenvalue weighted by atomic mass is 16.6. The number of aromatic nitrogens is 1. The number of ketones is 1. The number of hydrogen-bond donors (Lipinski definition) is 1. The third-order valence-electron chi connectivity index (χ3n) is 5.24. The molecule has 1 fully saturated rings. The van der Waals surface area contributed by atoms with Crippen molar-refractivity contribution in [1.82, 2.24) is 9.88 Å². The molecule has 1 aliphatic heterocycles. The van der Waals surface area contributed by atoms with E-state index in [2.05, 4.69) is 5.32 Å². The van der Waals surface area contributed by atoms with E-state index >= 15 is 0 Å². The summed E-state index contributed by atoms with van der Waals surface area (Å²) >= 11 is 0. The molecule has 2 aliphatic rings. The average molecular weight is 376 g/mol. The maximum atomic E-state index is 13.3. The van der Waals surface area contributed by atoms with Crippen molar-refractivity contribution in [2.75, 3.05) is 19.7 Å². The van der Waals surface area contributed by atoms with Gasteiger partial charge >= 0.3 is 12.1 Å². The Balaban J connectivity index is 2.16. The van der Waals surface area contributed by atoms with Gasteiger partial charge in [0.2, 0.25) is 0 Å². The van der Waals surface area contributed by atoms with Gasteiger partial charge in [0.15, 0.2) is 5.78 Å². The quantitative estimate of drug-likeness (QED) is 0.799. The summed E-state index contributed by atoms with van der Waals surface area (Å²) in [5, 5.41) is 3.27. The maximum absolute atomic E-state index is 13.3. The molecule has 7 heteroatoms. The van der Waals surface area contributed by atoms with Crippen LogP contribution in [0, 0.1) is 18.8 Å². The molecule has 0 aromatic carbocycles. The summed E-state index contributed by atoms with van der Waals surface area (Å²) in [6.07, 6.45) is 0.763. The van der Waals surface area contributed by atoms with Crippen molar-refractivity contribution < 1.29 is 23.9 Å². The minimum atomic E-state index is -0.681. The van der Waals surface area contributed by atoms with Crippen LogP contribution < -0.4 is 5.32 Å². The molecule has 0 bridgehead atoms. The van der Waals surface area contributed by atoms with Crippen LogP contribution in [0.25, 0.3) is 0 Å². The fourth-order valence-corrected chi connectivity index (χ4v) is 4.11. The molecule has 2 unspecified atom stereocenters. The zero-order valence-corrected chi connectivity index (χ0v) is 16.7. The van der Waals surface area contributed by atoms with E-state index in [-0.39, 0.29) is 29.8 Å². The Labute approximate surface area is 159 Å². The summed E-state index contributed by atoms with van der Waals surface area (Å²) in [7, 11) is 0. The Hall–Kier alpha value is -2.15. The molecule has 2 atom stereocenters. The van der Waals surface area contributed by atoms with Gasteiger partial charge < -0.3 is 14.8 Å². The van der Waals surface area contributed by atoms with Crippen LogP contribution in [0.3, 0.4) is 0 Å². The normalized spacial score (nSPS) is 22.0. The van der Waals surface area contributed by atoms with Crippen LogP contribution in [0.4, 0.5) is 4.79 Å². The molecule has 1 N–H and O–H groups in total. The van der Waals surface area contributed by atoms with E-state index in [0.29, 0.717) is 29.9 Å². The molecule has 0 radical (unpaired) electrons. The highest BCUT2D eigenvalue weighted by Crippen LogP contribution is 2.36. The summed E-state index contributed by atoms with van der Waals surface area (Å²) in [6.45, 7) is 10.3. The van der Waals surface area contributed by atoms with Crippen LogP contribution in [0.1, 0.15) is 66.2 Å². The molecule has 0 saturated carbocycles. The van der Waals surface area contributed by atoms with E-state index in [4.69, 9.17) is 9.47 Å². The van der Waals surface area contributed by atoms with Gasteiger partial charge in [-0.05, 0) is 59.9 Å². The lowest BCUT2D eigenvalue weighted by molar-refractivity contribution is 0.0519. The minimum Gasteiger partial charge on any atom is -0.462 e. The standard InChI is InChI=1S/C20H28N2O5/c1-6-26-18(24)15-11(2)22(19(25)27-20(3,4)5)14-8-7-12-9-21-10-13(12)17(23)16(14)15/h12-13,21H,6-10H2,1-5H3. The Morgan fingerprint density at radius 3 is 2.59 bits per heavy atom. The van der Waals surface area contributed by atoms with Crippen LogP contribution in [0.2, 0.25) is 0 Å². The van der Waals surface area contributed by atoms with Crippen molar-refractivity contribution >= 4 is 17.8 Å². The lowest BCUT2D eigenvalue weighted by atomic mass is 9.88. The van der Waals surface area contributed by atoms with Gasteiger partial charge in [-0.15, -0.1) is 0 Å². The predicted molar refractivity (Wildman–Crippen MR) is 99.3 cm³/mol. The second-order valence-corrected chi connectivity index (χ2v) is 8.25. The first kappa shape index (κ1) is 19.6. The highest BCUT2D eigenvalue weighted by molar-refractivity contribution is 6.10. The molecule has 0 spiro atoms. The fourth-order valence-electron chi connectivity index (χ4n) is 4.11. The van der Waals surface area contributed by atoms with Crippen molar-refractivity contribution in [2.45, 2.75) is 53.1 Å². The molecule has 0 amide bonds. The van der Waals surface area contributed by atoms with Gasteiger partial charge in [-0.1, -0.05) is 0 Å². The molecule has 148 valence electrons. The minimum absolute atomic E-state index is 0.0778. The Morgan fingerprint density at radius 2 is 1.96 bits per heavy atom. The van der Waals surface area contributed by atoms with Crippen LogP contribution >= 0.6 is 0 Å². The summed E-state index contributed by atoms with van der Waals surface area (Å²) in [5.74, 6) is -0.599. The highest BCUT2D eigenvalue weighted by Gasteiger charge is 2.42. The van der Waals surface area contributed by atoms with E-state index in [1.165, 1.54) is 4.57 Å². The van der Waals surface area contributed by atoms with Gasteiger partial charge in [0.05, 0.1) is 17.7 Å². The number of Topliss-reactive ketones (excluding diaryl/α,β-unsaturated/α-hetero) is 1.